The molecule has 1 saturated heterocycles. The molecule has 0 unspecified atom stereocenters. The Balaban J connectivity index is 1.36. The number of aryl methyl sites for hydroxylation is 2. The normalized spacial score (nSPS) is 15.3. The minimum absolute atomic E-state index is 0.0156. The highest BCUT2D eigenvalue weighted by Gasteiger charge is 2.23. The van der Waals surface area contributed by atoms with Crippen molar-refractivity contribution in [2.75, 3.05) is 26.2 Å². The van der Waals surface area contributed by atoms with Crippen molar-refractivity contribution in [3.05, 3.63) is 59.5 Å². The Hall–Kier alpha value is -2.93. The summed E-state index contributed by atoms with van der Waals surface area (Å²) in [6.07, 6.45) is 3.93. The van der Waals surface area contributed by atoms with Crippen LogP contribution in [0.2, 0.25) is 0 Å². The van der Waals surface area contributed by atoms with Gasteiger partial charge in [-0.25, -0.2) is 0 Å². The van der Waals surface area contributed by atoms with Crippen molar-refractivity contribution in [3.63, 3.8) is 0 Å². The van der Waals surface area contributed by atoms with E-state index in [1.807, 2.05) is 59.4 Å². The molecule has 7 heteroatoms. The third-order valence-electron chi connectivity index (χ3n) is 4.98. The van der Waals surface area contributed by atoms with Gasteiger partial charge in [-0.3, -0.25) is 19.5 Å². The number of hydrogen-bond donors (Lipinski definition) is 1. The molecule has 140 valence electrons. The van der Waals surface area contributed by atoms with E-state index in [0.717, 1.165) is 44.0 Å². The van der Waals surface area contributed by atoms with Crippen molar-refractivity contribution < 1.29 is 4.79 Å². The fraction of sp³-hybridized carbons (Fsp3) is 0.350. The number of H-pyrrole nitrogens is 1. The fourth-order valence-electron chi connectivity index (χ4n) is 3.39. The van der Waals surface area contributed by atoms with Crippen molar-refractivity contribution in [2.45, 2.75) is 13.5 Å². The van der Waals surface area contributed by atoms with Crippen molar-refractivity contribution >= 4 is 5.91 Å². The van der Waals surface area contributed by atoms with Gasteiger partial charge in [0.15, 0.2) is 0 Å². The number of benzene rings is 1. The molecule has 0 bridgehead atoms. The molecule has 1 fully saturated rings. The lowest BCUT2D eigenvalue weighted by molar-refractivity contribution is 0.0622. The van der Waals surface area contributed by atoms with E-state index < -0.39 is 0 Å². The minimum atomic E-state index is 0.0156. The molecule has 1 aliphatic heterocycles. The van der Waals surface area contributed by atoms with Gasteiger partial charge in [-0.2, -0.15) is 10.2 Å². The predicted octanol–water partition coefficient (Wildman–Crippen LogP) is 2.08. The molecule has 2 aromatic heterocycles. The Morgan fingerprint density at radius 2 is 1.89 bits per heavy atom. The average Bonchev–Trinajstić information content (AvgIpc) is 3.32. The molecule has 7 nitrogen and oxygen atoms in total. The summed E-state index contributed by atoms with van der Waals surface area (Å²) in [6.45, 7) is 6.09. The van der Waals surface area contributed by atoms with Crippen LogP contribution in [0, 0.1) is 6.92 Å². The first kappa shape index (κ1) is 17.5. The molecule has 4 rings (SSSR count). The largest absolute Gasteiger partial charge is 0.335 e. The summed E-state index contributed by atoms with van der Waals surface area (Å²) < 4.78 is 1.82. The van der Waals surface area contributed by atoms with Gasteiger partial charge >= 0.3 is 0 Å². The summed E-state index contributed by atoms with van der Waals surface area (Å²) in [5, 5.41) is 11.4. The van der Waals surface area contributed by atoms with Crippen LogP contribution in [-0.4, -0.2) is 61.9 Å². The van der Waals surface area contributed by atoms with Crippen molar-refractivity contribution in [1.29, 1.82) is 0 Å². The smallest absolute Gasteiger partial charge is 0.271 e. The first-order valence-corrected chi connectivity index (χ1v) is 9.20. The summed E-state index contributed by atoms with van der Waals surface area (Å²) in [7, 11) is 1.93. The molecule has 1 aliphatic rings. The summed E-state index contributed by atoms with van der Waals surface area (Å²) >= 11 is 0. The van der Waals surface area contributed by atoms with Crippen molar-refractivity contribution in [3.8, 4) is 11.3 Å². The van der Waals surface area contributed by atoms with Gasteiger partial charge in [0, 0.05) is 57.1 Å². The lowest BCUT2D eigenvalue weighted by atomic mass is 10.1. The van der Waals surface area contributed by atoms with Crippen molar-refractivity contribution in [1.82, 2.24) is 29.8 Å². The monoisotopic (exact) mass is 364 g/mol. The van der Waals surface area contributed by atoms with Crippen LogP contribution in [0.5, 0.6) is 0 Å². The van der Waals surface area contributed by atoms with Gasteiger partial charge < -0.3 is 4.90 Å². The van der Waals surface area contributed by atoms with Gasteiger partial charge in [-0.1, -0.05) is 29.8 Å². The average molecular weight is 364 g/mol. The molecule has 0 radical (unpaired) electrons. The predicted molar refractivity (Wildman–Crippen MR) is 103 cm³/mol. The van der Waals surface area contributed by atoms with Crippen molar-refractivity contribution in [2.24, 2.45) is 7.05 Å². The lowest BCUT2D eigenvalue weighted by Crippen LogP contribution is -2.48. The second kappa shape index (κ2) is 7.36. The van der Waals surface area contributed by atoms with E-state index in [1.165, 1.54) is 11.1 Å². The Labute approximate surface area is 158 Å². The molecule has 1 aromatic carbocycles. The van der Waals surface area contributed by atoms with Crippen LogP contribution < -0.4 is 0 Å². The minimum Gasteiger partial charge on any atom is -0.335 e. The highest BCUT2D eigenvalue weighted by atomic mass is 16.2. The number of nitrogens with one attached hydrogen (secondary N) is 1. The maximum Gasteiger partial charge on any atom is 0.271 e. The summed E-state index contributed by atoms with van der Waals surface area (Å²) in [4.78, 5) is 17.0. The quantitative estimate of drug-likeness (QED) is 0.769. The maximum absolute atomic E-state index is 12.8. The summed E-state index contributed by atoms with van der Waals surface area (Å²) in [5.41, 5.74) is 4.76. The van der Waals surface area contributed by atoms with Gasteiger partial charge in [0.25, 0.3) is 5.91 Å². The Bertz CT molecular complexity index is 918. The molecule has 0 aliphatic carbocycles. The summed E-state index contributed by atoms with van der Waals surface area (Å²) in [6, 6.07) is 9.99. The fourth-order valence-corrected chi connectivity index (χ4v) is 3.39. The standard InChI is InChI=1S/C20H24N6O/c1-15-3-5-17(6-4-15)18-11-19(23-22-18)20(27)26-9-7-25(8-10-26)14-16-12-21-24(2)13-16/h3-6,11-13H,7-10,14H2,1-2H3,(H,22,23). The number of carbonyl (C=O) groups excluding carboxylic acids is 1. The lowest BCUT2D eigenvalue weighted by Gasteiger charge is -2.34. The molecule has 3 aromatic rings. The Morgan fingerprint density at radius 1 is 1.15 bits per heavy atom. The zero-order valence-electron chi connectivity index (χ0n) is 15.7. The number of amides is 1. The Kier molecular flexibility index (Phi) is 4.77. The molecule has 0 spiro atoms. The molecular weight excluding hydrogens is 340 g/mol. The van der Waals surface area contributed by atoms with E-state index in [2.05, 4.69) is 27.1 Å². The molecule has 3 heterocycles. The third-order valence-corrected chi connectivity index (χ3v) is 4.98. The number of nitrogens with zero attached hydrogens (tertiary/aromatic N) is 5. The highest BCUT2D eigenvalue weighted by Crippen LogP contribution is 2.19. The van der Waals surface area contributed by atoms with E-state index >= 15 is 0 Å². The van der Waals surface area contributed by atoms with Gasteiger partial charge in [-0.15, -0.1) is 0 Å². The first-order valence-electron chi connectivity index (χ1n) is 9.20. The van der Waals surface area contributed by atoms with Crippen LogP contribution in [0.4, 0.5) is 0 Å². The van der Waals surface area contributed by atoms with Crippen LogP contribution in [0.1, 0.15) is 21.6 Å². The second-order valence-corrected chi connectivity index (χ2v) is 7.12. The van der Waals surface area contributed by atoms with Gasteiger partial charge in [0.1, 0.15) is 5.69 Å². The number of rotatable bonds is 4. The maximum atomic E-state index is 12.8. The van der Waals surface area contributed by atoms with Crippen LogP contribution in [0.3, 0.4) is 0 Å². The first-order chi connectivity index (χ1) is 13.1. The van der Waals surface area contributed by atoms with E-state index in [-0.39, 0.29) is 5.91 Å². The number of aromatic amines is 1. The molecule has 27 heavy (non-hydrogen) atoms. The van der Waals surface area contributed by atoms with E-state index in [4.69, 9.17) is 0 Å². The van der Waals surface area contributed by atoms with Gasteiger partial charge in [-0.05, 0) is 13.0 Å². The van der Waals surface area contributed by atoms with E-state index in [0.29, 0.717) is 5.69 Å². The zero-order valence-corrected chi connectivity index (χ0v) is 15.7. The zero-order chi connectivity index (χ0) is 18.8. The van der Waals surface area contributed by atoms with Crippen LogP contribution in [0.25, 0.3) is 11.3 Å². The number of hydrogen-bond acceptors (Lipinski definition) is 4. The van der Waals surface area contributed by atoms with Gasteiger partial charge in [0.2, 0.25) is 0 Å². The summed E-state index contributed by atoms with van der Waals surface area (Å²) in [5.74, 6) is 0.0156. The third kappa shape index (κ3) is 3.93. The number of carbonyl (C=O) groups is 1. The molecule has 0 saturated carbocycles. The Morgan fingerprint density at radius 3 is 2.56 bits per heavy atom. The molecule has 1 amide bonds. The number of aromatic nitrogens is 4. The number of piperazine rings is 1. The molecule has 1 N–H and O–H groups in total. The van der Waals surface area contributed by atoms with Crippen LogP contribution in [-0.2, 0) is 13.6 Å². The topological polar surface area (TPSA) is 70.1 Å². The highest BCUT2D eigenvalue weighted by molar-refractivity contribution is 5.93. The van der Waals surface area contributed by atoms with E-state index in [1.54, 1.807) is 0 Å². The molecular formula is C20H24N6O. The SMILES string of the molecule is Cc1ccc(-c2cc(C(=O)N3CCN(Cc4cnn(C)c4)CC3)[nH]n2)cc1. The second-order valence-electron chi connectivity index (χ2n) is 7.12. The van der Waals surface area contributed by atoms with Crippen LogP contribution >= 0.6 is 0 Å². The van der Waals surface area contributed by atoms with E-state index in [9.17, 15) is 4.79 Å². The van der Waals surface area contributed by atoms with Gasteiger partial charge in [0.05, 0.1) is 11.9 Å². The van der Waals surface area contributed by atoms with Crippen LogP contribution in [0.15, 0.2) is 42.7 Å². The molecule has 0 atom stereocenters.